The van der Waals surface area contributed by atoms with Crippen LogP contribution in [0.3, 0.4) is 0 Å². The summed E-state index contributed by atoms with van der Waals surface area (Å²) in [5.41, 5.74) is -3.02. The van der Waals surface area contributed by atoms with Crippen LogP contribution in [0.5, 0.6) is 5.75 Å². The van der Waals surface area contributed by atoms with E-state index in [1.54, 1.807) is 0 Å². The lowest BCUT2D eigenvalue weighted by atomic mass is 10.3. The van der Waals surface area contributed by atoms with E-state index < -0.39 is 40.6 Å². The number of rotatable bonds is 4. The fourth-order valence-electron chi connectivity index (χ4n) is 2.02. The standard InChI is InChI=1S/C13H11F3N4O4/c1-7-11(20(23)24)12(13(14,15)16)18-19(7)6-10(22)17-8-3-2-4-9(21)5-8/h2-5,21H,6H2,1H3,(H,17,22). The van der Waals surface area contributed by atoms with Crippen LogP contribution in [-0.4, -0.2) is 25.7 Å². The van der Waals surface area contributed by atoms with E-state index in [9.17, 15) is 33.2 Å². The lowest BCUT2D eigenvalue weighted by molar-refractivity contribution is -0.388. The molecule has 24 heavy (non-hydrogen) atoms. The van der Waals surface area contributed by atoms with E-state index in [1.807, 2.05) is 0 Å². The third-order valence-electron chi connectivity index (χ3n) is 3.05. The highest BCUT2D eigenvalue weighted by Gasteiger charge is 2.44. The van der Waals surface area contributed by atoms with Crippen molar-refractivity contribution in [2.45, 2.75) is 19.6 Å². The number of nitro groups is 1. The maximum atomic E-state index is 12.8. The van der Waals surface area contributed by atoms with Crippen molar-refractivity contribution in [3.05, 3.63) is 45.8 Å². The normalized spacial score (nSPS) is 11.3. The number of aromatic hydroxyl groups is 1. The predicted molar refractivity (Wildman–Crippen MR) is 75.4 cm³/mol. The summed E-state index contributed by atoms with van der Waals surface area (Å²) in [4.78, 5) is 21.5. The minimum Gasteiger partial charge on any atom is -0.508 e. The van der Waals surface area contributed by atoms with E-state index in [-0.39, 0.29) is 11.4 Å². The number of anilines is 1. The number of hydrogen-bond acceptors (Lipinski definition) is 5. The predicted octanol–water partition coefficient (Wildman–Crippen LogP) is 2.46. The number of carbonyl (C=O) groups is 1. The number of benzene rings is 1. The number of nitrogens with one attached hydrogen (secondary N) is 1. The van der Waals surface area contributed by atoms with E-state index in [0.29, 0.717) is 4.68 Å². The van der Waals surface area contributed by atoms with Crippen LogP contribution in [0.1, 0.15) is 11.4 Å². The van der Waals surface area contributed by atoms with Crippen LogP contribution in [0.15, 0.2) is 24.3 Å². The van der Waals surface area contributed by atoms with E-state index >= 15 is 0 Å². The van der Waals surface area contributed by atoms with Crippen molar-refractivity contribution < 1.29 is 28.0 Å². The molecule has 0 fully saturated rings. The van der Waals surface area contributed by atoms with Gasteiger partial charge in [0.2, 0.25) is 11.6 Å². The molecule has 1 aromatic carbocycles. The average Bonchev–Trinajstić information content (AvgIpc) is 2.76. The number of aromatic nitrogens is 2. The number of phenols is 1. The number of nitrogens with zero attached hydrogens (tertiary/aromatic N) is 3. The van der Waals surface area contributed by atoms with Crippen molar-refractivity contribution >= 4 is 17.3 Å². The Balaban J connectivity index is 2.26. The Labute approximate surface area is 132 Å². The number of halogens is 3. The molecule has 128 valence electrons. The topological polar surface area (TPSA) is 110 Å². The molecule has 0 unspecified atom stereocenters. The van der Waals surface area contributed by atoms with Gasteiger partial charge in [-0.05, 0) is 19.1 Å². The fourth-order valence-corrected chi connectivity index (χ4v) is 2.02. The maximum absolute atomic E-state index is 12.8. The summed E-state index contributed by atoms with van der Waals surface area (Å²) in [6, 6.07) is 5.51. The summed E-state index contributed by atoms with van der Waals surface area (Å²) in [7, 11) is 0. The largest absolute Gasteiger partial charge is 0.508 e. The second-order valence-corrected chi connectivity index (χ2v) is 4.79. The van der Waals surface area contributed by atoms with Crippen LogP contribution < -0.4 is 5.32 Å². The molecular formula is C13H11F3N4O4. The molecule has 2 aromatic rings. The van der Waals surface area contributed by atoms with E-state index in [1.165, 1.54) is 24.3 Å². The lowest BCUT2D eigenvalue weighted by Crippen LogP contribution is -2.20. The molecule has 0 spiro atoms. The smallest absolute Gasteiger partial charge is 0.442 e. The monoisotopic (exact) mass is 344 g/mol. The molecule has 2 rings (SSSR count). The molecule has 0 bridgehead atoms. The summed E-state index contributed by atoms with van der Waals surface area (Å²) in [6.07, 6.45) is -5.01. The molecule has 8 nitrogen and oxygen atoms in total. The van der Waals surface area contributed by atoms with Crippen molar-refractivity contribution in [1.29, 1.82) is 0 Å². The first-order chi connectivity index (χ1) is 11.1. The number of carbonyl (C=O) groups excluding carboxylic acids is 1. The summed E-state index contributed by atoms with van der Waals surface area (Å²) in [5, 5.41) is 25.6. The minimum absolute atomic E-state index is 0.113. The van der Waals surface area contributed by atoms with Crippen LogP contribution in [0.4, 0.5) is 24.5 Å². The van der Waals surface area contributed by atoms with Crippen molar-refractivity contribution in [3.8, 4) is 5.75 Å². The van der Waals surface area contributed by atoms with Gasteiger partial charge < -0.3 is 10.4 Å². The molecule has 0 aliphatic heterocycles. The third-order valence-corrected chi connectivity index (χ3v) is 3.05. The van der Waals surface area contributed by atoms with Gasteiger partial charge in [-0.2, -0.15) is 18.3 Å². The summed E-state index contributed by atoms with van der Waals surface area (Å²) >= 11 is 0. The SMILES string of the molecule is Cc1c([N+](=O)[O-])c(C(F)(F)F)nn1CC(=O)Nc1cccc(O)c1. The fraction of sp³-hybridized carbons (Fsp3) is 0.231. The van der Waals surface area contributed by atoms with Gasteiger partial charge in [0.15, 0.2) is 0 Å². The Morgan fingerprint density at radius 2 is 2.12 bits per heavy atom. The molecule has 1 amide bonds. The summed E-state index contributed by atoms with van der Waals surface area (Å²) < 4.78 is 39.1. The van der Waals surface area contributed by atoms with Gasteiger partial charge >= 0.3 is 11.9 Å². The first kappa shape index (κ1) is 17.2. The zero-order valence-corrected chi connectivity index (χ0v) is 12.2. The minimum atomic E-state index is -5.01. The van der Waals surface area contributed by atoms with Gasteiger partial charge in [0.05, 0.1) is 4.92 Å². The van der Waals surface area contributed by atoms with Crippen molar-refractivity contribution in [2.75, 3.05) is 5.32 Å². The van der Waals surface area contributed by atoms with Crippen molar-refractivity contribution in [1.82, 2.24) is 9.78 Å². The Morgan fingerprint density at radius 1 is 1.46 bits per heavy atom. The van der Waals surface area contributed by atoms with Gasteiger partial charge in [-0.15, -0.1) is 0 Å². The Hall–Kier alpha value is -3.11. The van der Waals surface area contributed by atoms with Crippen LogP contribution in [0.2, 0.25) is 0 Å². The van der Waals surface area contributed by atoms with E-state index in [0.717, 1.165) is 6.92 Å². The quantitative estimate of drug-likeness (QED) is 0.654. The zero-order valence-electron chi connectivity index (χ0n) is 12.2. The molecule has 0 radical (unpaired) electrons. The van der Waals surface area contributed by atoms with E-state index in [2.05, 4.69) is 10.4 Å². The maximum Gasteiger partial charge on any atom is 0.442 e. The van der Waals surface area contributed by atoms with Gasteiger partial charge in [0.25, 0.3) is 0 Å². The van der Waals surface area contributed by atoms with Gasteiger partial charge in [-0.3, -0.25) is 19.6 Å². The van der Waals surface area contributed by atoms with Crippen molar-refractivity contribution in [2.24, 2.45) is 0 Å². The van der Waals surface area contributed by atoms with Crippen LogP contribution in [0.25, 0.3) is 0 Å². The second-order valence-electron chi connectivity index (χ2n) is 4.79. The second kappa shape index (κ2) is 6.18. The molecule has 0 saturated carbocycles. The molecule has 1 heterocycles. The van der Waals surface area contributed by atoms with Crippen LogP contribution in [-0.2, 0) is 17.5 Å². The van der Waals surface area contributed by atoms with Crippen molar-refractivity contribution in [3.63, 3.8) is 0 Å². The molecular weight excluding hydrogens is 333 g/mol. The first-order valence-corrected chi connectivity index (χ1v) is 6.47. The molecule has 2 N–H and O–H groups in total. The third kappa shape index (κ3) is 3.62. The molecule has 0 aliphatic rings. The molecule has 1 aromatic heterocycles. The Morgan fingerprint density at radius 3 is 2.62 bits per heavy atom. The highest BCUT2D eigenvalue weighted by atomic mass is 19.4. The number of amides is 1. The van der Waals surface area contributed by atoms with Crippen LogP contribution >= 0.6 is 0 Å². The molecule has 0 aliphatic carbocycles. The van der Waals surface area contributed by atoms with Gasteiger partial charge in [-0.1, -0.05) is 6.07 Å². The number of phenolic OH excluding ortho intramolecular Hbond substituents is 1. The Bertz CT molecular complexity index is 801. The zero-order chi connectivity index (χ0) is 18.1. The molecule has 0 atom stereocenters. The average molecular weight is 344 g/mol. The Kier molecular flexibility index (Phi) is 4.44. The number of hydrogen-bond donors (Lipinski definition) is 2. The van der Waals surface area contributed by atoms with Gasteiger partial charge in [-0.25, -0.2) is 0 Å². The molecule has 0 saturated heterocycles. The molecule has 11 heteroatoms. The summed E-state index contributed by atoms with van der Waals surface area (Å²) in [6.45, 7) is 0.417. The van der Waals surface area contributed by atoms with Gasteiger partial charge in [0.1, 0.15) is 18.0 Å². The summed E-state index contributed by atoms with van der Waals surface area (Å²) in [5.74, 6) is -0.868. The van der Waals surface area contributed by atoms with E-state index in [4.69, 9.17) is 0 Å². The van der Waals surface area contributed by atoms with Crippen LogP contribution in [0, 0.1) is 17.0 Å². The highest BCUT2D eigenvalue weighted by molar-refractivity contribution is 5.90. The van der Waals surface area contributed by atoms with Gasteiger partial charge in [0, 0.05) is 11.8 Å². The number of alkyl halides is 3. The lowest BCUT2D eigenvalue weighted by Gasteiger charge is -2.06. The first-order valence-electron chi connectivity index (χ1n) is 6.47. The highest BCUT2D eigenvalue weighted by Crippen LogP contribution is 2.36.